The van der Waals surface area contributed by atoms with E-state index >= 15 is 0 Å². The lowest BCUT2D eigenvalue weighted by atomic mass is 9.77. The second-order valence-corrected chi connectivity index (χ2v) is 9.76. The van der Waals surface area contributed by atoms with Crippen LogP contribution in [0.1, 0.15) is 28.8 Å². The topological polar surface area (TPSA) is 104 Å². The summed E-state index contributed by atoms with van der Waals surface area (Å²) < 4.78 is 0. The molecule has 0 saturated carbocycles. The third kappa shape index (κ3) is 4.88. The highest BCUT2D eigenvalue weighted by Crippen LogP contribution is 2.40. The molecule has 3 aromatic carbocycles. The molecule has 192 valence electrons. The van der Waals surface area contributed by atoms with Crippen molar-refractivity contribution in [2.45, 2.75) is 18.1 Å². The van der Waals surface area contributed by atoms with E-state index in [1.807, 2.05) is 54.6 Å². The molecule has 1 aliphatic heterocycles. The second-order valence-electron chi connectivity index (χ2n) is 8.90. The highest BCUT2D eigenvalue weighted by molar-refractivity contribution is 7.14. The first-order valence-corrected chi connectivity index (χ1v) is 13.0. The second kappa shape index (κ2) is 10.9. The number of nitrogens with zero attached hydrogens (tertiary/aromatic N) is 3. The maximum absolute atomic E-state index is 12.1. The molecule has 38 heavy (non-hydrogen) atoms. The zero-order chi connectivity index (χ0) is 26.5. The maximum Gasteiger partial charge on any atom is 0.360 e. The summed E-state index contributed by atoms with van der Waals surface area (Å²) in [5.74, 6) is -1.52. The zero-order valence-corrected chi connectivity index (χ0v) is 21.5. The Labute approximate surface area is 224 Å². The normalized spacial score (nSPS) is 15.9. The van der Waals surface area contributed by atoms with Gasteiger partial charge in [-0.05, 0) is 16.7 Å². The minimum Gasteiger partial charge on any atom is -0.476 e. The number of anilines is 1. The van der Waals surface area contributed by atoms with Crippen molar-refractivity contribution in [1.29, 1.82) is 0 Å². The quantitative estimate of drug-likeness (QED) is 0.188. The molecule has 0 radical (unpaired) electrons. The Morgan fingerprint density at radius 3 is 1.97 bits per heavy atom. The number of carboxylic acids is 1. The van der Waals surface area contributed by atoms with Crippen molar-refractivity contribution in [1.82, 2.24) is 9.88 Å². The first-order chi connectivity index (χ1) is 18.5. The molecule has 2 heterocycles. The molecule has 1 aromatic heterocycles. The number of rotatable bonds is 9. The van der Waals surface area contributed by atoms with E-state index in [0.717, 1.165) is 16.7 Å². The van der Waals surface area contributed by atoms with Crippen LogP contribution in [0.25, 0.3) is 0 Å². The number of nitrogens with one attached hydrogen (secondary N) is 1. The Hall–Kier alpha value is -4.50. The number of aliphatic carboxylic acids is 1. The van der Waals surface area contributed by atoms with Crippen LogP contribution in [0.15, 0.2) is 102 Å². The van der Waals surface area contributed by atoms with Gasteiger partial charge in [0.1, 0.15) is 11.2 Å². The summed E-state index contributed by atoms with van der Waals surface area (Å²) in [6, 6.07) is 30.1. The summed E-state index contributed by atoms with van der Waals surface area (Å²) in [4.78, 5) is 35.7. The van der Waals surface area contributed by atoms with Crippen molar-refractivity contribution in [2.75, 3.05) is 18.9 Å². The smallest absolute Gasteiger partial charge is 0.360 e. The fraction of sp³-hybridized carbons (Fsp3) is 0.172. The van der Waals surface area contributed by atoms with Gasteiger partial charge in [-0.25, -0.2) is 9.78 Å². The van der Waals surface area contributed by atoms with Crippen LogP contribution in [0, 0.1) is 0 Å². The lowest BCUT2D eigenvalue weighted by molar-refractivity contribution is -0.137. The van der Waals surface area contributed by atoms with Gasteiger partial charge in [0.2, 0.25) is 11.8 Å². The SMILES string of the molecule is CN1CCC(ON=C(C(=O)O)c2csc(NC(c3ccccc3)(c3ccccc3)c3ccccc3)n2)C1=O. The number of benzene rings is 3. The van der Waals surface area contributed by atoms with Gasteiger partial charge in [0.15, 0.2) is 5.13 Å². The number of carbonyl (C=O) groups is 2. The van der Waals surface area contributed by atoms with Gasteiger partial charge in [-0.2, -0.15) is 0 Å². The number of likely N-dealkylation sites (tertiary alicyclic amines) is 1. The zero-order valence-electron chi connectivity index (χ0n) is 20.7. The number of aromatic nitrogens is 1. The van der Waals surface area contributed by atoms with Gasteiger partial charge in [0.25, 0.3) is 5.91 Å². The summed E-state index contributed by atoms with van der Waals surface area (Å²) in [6.07, 6.45) is -0.351. The molecule has 4 aromatic rings. The van der Waals surface area contributed by atoms with E-state index in [1.54, 1.807) is 12.4 Å². The molecule has 5 rings (SSSR count). The summed E-state index contributed by atoms with van der Waals surface area (Å²) in [5, 5.41) is 19.4. The van der Waals surface area contributed by atoms with Gasteiger partial charge in [-0.1, -0.05) is 96.2 Å². The average Bonchev–Trinajstić information content (AvgIpc) is 3.54. The van der Waals surface area contributed by atoms with Crippen LogP contribution < -0.4 is 5.32 Å². The predicted octanol–water partition coefficient (Wildman–Crippen LogP) is 4.58. The fourth-order valence-electron chi connectivity index (χ4n) is 4.58. The first kappa shape index (κ1) is 25.2. The van der Waals surface area contributed by atoms with Gasteiger partial charge < -0.3 is 20.2 Å². The highest BCUT2D eigenvalue weighted by Gasteiger charge is 2.37. The third-order valence-electron chi connectivity index (χ3n) is 6.51. The Bertz CT molecular complexity index is 1340. The summed E-state index contributed by atoms with van der Waals surface area (Å²) >= 11 is 1.27. The number of amides is 1. The molecule has 0 spiro atoms. The van der Waals surface area contributed by atoms with Crippen molar-refractivity contribution in [2.24, 2.45) is 5.16 Å². The predicted molar refractivity (Wildman–Crippen MR) is 146 cm³/mol. The molecule has 8 nitrogen and oxygen atoms in total. The molecular formula is C29H26N4O4S. The molecular weight excluding hydrogens is 500 g/mol. The Kier molecular flexibility index (Phi) is 7.19. The van der Waals surface area contributed by atoms with E-state index < -0.39 is 17.6 Å². The van der Waals surface area contributed by atoms with Crippen LogP contribution in [0.2, 0.25) is 0 Å². The van der Waals surface area contributed by atoms with Crippen molar-refractivity contribution >= 4 is 34.1 Å². The van der Waals surface area contributed by atoms with Crippen LogP contribution >= 0.6 is 11.3 Å². The van der Waals surface area contributed by atoms with Crippen molar-refractivity contribution < 1.29 is 19.5 Å². The number of carbonyl (C=O) groups excluding carboxylic acids is 1. The summed E-state index contributed by atoms with van der Waals surface area (Å²) in [5.41, 5.74) is 1.96. The molecule has 9 heteroatoms. The first-order valence-electron chi connectivity index (χ1n) is 12.1. The van der Waals surface area contributed by atoms with Crippen molar-refractivity contribution in [3.63, 3.8) is 0 Å². The highest BCUT2D eigenvalue weighted by atomic mass is 32.1. The van der Waals surface area contributed by atoms with Crippen LogP contribution in [0.5, 0.6) is 0 Å². The van der Waals surface area contributed by atoms with E-state index in [0.29, 0.717) is 18.1 Å². The van der Waals surface area contributed by atoms with Gasteiger partial charge in [0, 0.05) is 25.4 Å². The van der Waals surface area contributed by atoms with Crippen LogP contribution in [0.4, 0.5) is 5.13 Å². The molecule has 0 bridgehead atoms. The summed E-state index contributed by atoms with van der Waals surface area (Å²) in [6.45, 7) is 0.534. The van der Waals surface area contributed by atoms with Crippen molar-refractivity contribution in [3.8, 4) is 0 Å². The van der Waals surface area contributed by atoms with Crippen LogP contribution in [0.3, 0.4) is 0 Å². The Morgan fingerprint density at radius 2 is 1.53 bits per heavy atom. The molecule has 1 aliphatic rings. The van der Waals surface area contributed by atoms with E-state index in [2.05, 4.69) is 51.9 Å². The van der Waals surface area contributed by atoms with Gasteiger partial charge in [-0.15, -0.1) is 11.3 Å². The Balaban J connectivity index is 1.55. The number of carboxylic acid groups (broad SMARTS) is 1. The molecule has 0 aliphatic carbocycles. The Morgan fingerprint density at radius 1 is 1.00 bits per heavy atom. The van der Waals surface area contributed by atoms with Gasteiger partial charge >= 0.3 is 5.97 Å². The number of likely N-dealkylation sites (N-methyl/N-ethyl adjacent to an activating group) is 1. The number of hydrogen-bond acceptors (Lipinski definition) is 7. The van der Waals surface area contributed by atoms with E-state index in [1.165, 1.54) is 16.2 Å². The molecule has 1 unspecified atom stereocenters. The third-order valence-corrected chi connectivity index (χ3v) is 7.27. The van der Waals surface area contributed by atoms with Crippen LogP contribution in [-0.4, -0.2) is 52.3 Å². The molecule has 1 saturated heterocycles. The van der Waals surface area contributed by atoms with Gasteiger partial charge in [0.05, 0.1) is 0 Å². The van der Waals surface area contributed by atoms with Crippen molar-refractivity contribution in [3.05, 3.63) is 119 Å². The molecule has 1 amide bonds. The maximum atomic E-state index is 12.1. The largest absolute Gasteiger partial charge is 0.476 e. The minimum absolute atomic E-state index is 0.145. The van der Waals surface area contributed by atoms with Crippen LogP contribution in [-0.2, 0) is 20.0 Å². The average molecular weight is 527 g/mol. The minimum atomic E-state index is -1.29. The number of hydrogen-bond donors (Lipinski definition) is 2. The fourth-order valence-corrected chi connectivity index (χ4v) is 5.33. The molecule has 1 atom stereocenters. The summed E-state index contributed by atoms with van der Waals surface area (Å²) in [7, 11) is 1.67. The van der Waals surface area contributed by atoms with E-state index in [4.69, 9.17) is 4.84 Å². The molecule has 2 N–H and O–H groups in total. The molecule has 1 fully saturated rings. The van der Waals surface area contributed by atoms with Gasteiger partial charge in [-0.3, -0.25) is 4.79 Å². The monoisotopic (exact) mass is 526 g/mol. The van der Waals surface area contributed by atoms with E-state index in [9.17, 15) is 14.7 Å². The standard InChI is InChI=1S/C29H26N4O4S/c1-33-18-17-24(26(33)34)37-32-25(27(35)36)23-19-38-28(30-23)31-29(20-11-5-2-6-12-20,21-13-7-3-8-14-21)22-15-9-4-10-16-22/h2-16,19,24H,17-18H2,1H3,(H,30,31)(H,35,36). The number of oxime groups is 1. The lowest BCUT2D eigenvalue weighted by Gasteiger charge is -2.36. The number of thiazole rings is 1. The van der Waals surface area contributed by atoms with E-state index in [-0.39, 0.29) is 17.3 Å². The lowest BCUT2D eigenvalue weighted by Crippen LogP contribution is -2.38.